The number of ether oxygens (including phenoxy) is 1. The van der Waals surface area contributed by atoms with E-state index in [1.54, 1.807) is 12.1 Å². The van der Waals surface area contributed by atoms with E-state index in [1.807, 2.05) is 24.3 Å². The minimum Gasteiger partial charge on any atom is -0.497 e. The average molecular weight is 402 g/mol. The molecule has 6 nitrogen and oxygen atoms in total. The molecule has 0 saturated heterocycles. The molecule has 29 heavy (non-hydrogen) atoms. The maximum absolute atomic E-state index is 6.34. The van der Waals surface area contributed by atoms with Gasteiger partial charge in [0.05, 0.1) is 13.7 Å². The van der Waals surface area contributed by atoms with Gasteiger partial charge in [0.25, 0.3) is 0 Å². The number of aliphatic imine (C=N–C) groups is 2. The smallest absolute Gasteiger partial charge is 0.216 e. The van der Waals surface area contributed by atoms with Crippen LogP contribution in [0.25, 0.3) is 0 Å². The van der Waals surface area contributed by atoms with Gasteiger partial charge in [-0.15, -0.1) is 0 Å². The first-order valence-electron chi connectivity index (χ1n) is 11.0. The highest BCUT2D eigenvalue weighted by atomic mass is 16.5. The van der Waals surface area contributed by atoms with Gasteiger partial charge in [-0.05, 0) is 38.0 Å². The summed E-state index contributed by atoms with van der Waals surface area (Å²) >= 11 is 0. The molecule has 1 aromatic carbocycles. The highest BCUT2D eigenvalue weighted by Gasteiger charge is 2.29. The summed E-state index contributed by atoms with van der Waals surface area (Å²) in [7, 11) is 1.67. The number of hydrazine groups is 1. The van der Waals surface area contributed by atoms with Crippen molar-refractivity contribution >= 4 is 11.8 Å². The Morgan fingerprint density at radius 3 is 2.28 bits per heavy atom. The summed E-state index contributed by atoms with van der Waals surface area (Å²) < 4.78 is 5.21. The number of benzene rings is 1. The van der Waals surface area contributed by atoms with Crippen LogP contribution in [-0.2, 0) is 6.54 Å². The molecule has 0 saturated carbocycles. The highest BCUT2D eigenvalue weighted by Crippen LogP contribution is 2.17. The first-order chi connectivity index (χ1) is 13.9. The van der Waals surface area contributed by atoms with Gasteiger partial charge in [-0.3, -0.25) is 0 Å². The number of amidine groups is 1. The van der Waals surface area contributed by atoms with Crippen LogP contribution in [-0.4, -0.2) is 29.6 Å². The summed E-state index contributed by atoms with van der Waals surface area (Å²) in [5.74, 6) is 8.77. The van der Waals surface area contributed by atoms with E-state index in [0.717, 1.165) is 30.0 Å². The molecule has 0 bridgehead atoms. The van der Waals surface area contributed by atoms with Crippen LogP contribution in [0.5, 0.6) is 5.75 Å². The molecule has 0 radical (unpaired) electrons. The fraction of sp³-hybridized carbons (Fsp3) is 0.652. The molecule has 0 atom stereocenters. The number of hydrogen-bond donors (Lipinski definition) is 2. The molecule has 1 heterocycles. The van der Waals surface area contributed by atoms with Crippen LogP contribution in [0.15, 0.2) is 34.3 Å². The molecule has 1 aromatic rings. The Morgan fingerprint density at radius 1 is 1.03 bits per heavy atom. The van der Waals surface area contributed by atoms with Crippen molar-refractivity contribution in [3.05, 3.63) is 29.8 Å². The van der Waals surface area contributed by atoms with Crippen LogP contribution in [0.3, 0.4) is 0 Å². The van der Waals surface area contributed by atoms with Gasteiger partial charge in [0.15, 0.2) is 0 Å². The molecule has 0 aromatic heterocycles. The lowest BCUT2D eigenvalue weighted by Gasteiger charge is -2.36. The fourth-order valence-corrected chi connectivity index (χ4v) is 3.47. The van der Waals surface area contributed by atoms with Crippen LogP contribution in [0.4, 0.5) is 0 Å². The van der Waals surface area contributed by atoms with E-state index in [4.69, 9.17) is 20.6 Å². The second-order valence-electron chi connectivity index (χ2n) is 8.29. The van der Waals surface area contributed by atoms with Crippen LogP contribution < -0.4 is 15.9 Å². The number of hydrogen-bond acceptors (Lipinski definition) is 4. The van der Waals surface area contributed by atoms with Crippen molar-refractivity contribution in [2.75, 3.05) is 7.11 Å². The molecule has 162 valence electrons. The quantitative estimate of drug-likeness (QED) is 0.382. The second-order valence-corrected chi connectivity index (χ2v) is 8.29. The predicted molar refractivity (Wildman–Crippen MR) is 122 cm³/mol. The Labute approximate surface area is 176 Å². The van der Waals surface area contributed by atoms with Crippen molar-refractivity contribution in [3.63, 3.8) is 0 Å². The molecule has 2 rings (SSSR count). The van der Waals surface area contributed by atoms with Gasteiger partial charge >= 0.3 is 0 Å². The first kappa shape index (κ1) is 23.2. The van der Waals surface area contributed by atoms with Gasteiger partial charge < -0.3 is 10.1 Å². The van der Waals surface area contributed by atoms with E-state index in [1.165, 1.54) is 44.9 Å². The summed E-state index contributed by atoms with van der Waals surface area (Å²) in [5.41, 5.74) is 0.711. The number of nitrogens with two attached hydrogens (primary N) is 1. The summed E-state index contributed by atoms with van der Waals surface area (Å²) in [6, 6.07) is 7.94. The monoisotopic (exact) mass is 401 g/mol. The third kappa shape index (κ3) is 8.05. The molecule has 6 heteroatoms. The zero-order valence-corrected chi connectivity index (χ0v) is 18.7. The Kier molecular flexibility index (Phi) is 9.45. The number of rotatable bonds is 12. The molecular formula is C23H39N5O. The summed E-state index contributed by atoms with van der Waals surface area (Å²) in [6.07, 6.45) is 11.2. The largest absolute Gasteiger partial charge is 0.497 e. The summed E-state index contributed by atoms with van der Waals surface area (Å²) in [6.45, 7) is 6.92. The molecule has 0 amide bonds. The first-order valence-corrected chi connectivity index (χ1v) is 11.0. The maximum Gasteiger partial charge on any atom is 0.216 e. The van der Waals surface area contributed by atoms with Gasteiger partial charge in [-0.2, -0.15) is 0 Å². The van der Waals surface area contributed by atoms with Gasteiger partial charge in [0, 0.05) is 6.42 Å². The Bertz CT molecular complexity index is 666. The topological polar surface area (TPSA) is 75.2 Å². The molecule has 1 aliphatic rings. The number of nitrogens with zero attached hydrogens (tertiary/aromatic N) is 3. The van der Waals surface area contributed by atoms with E-state index in [-0.39, 0.29) is 0 Å². The predicted octanol–water partition coefficient (Wildman–Crippen LogP) is 5.00. The van der Waals surface area contributed by atoms with Gasteiger partial charge in [-0.25, -0.2) is 20.8 Å². The van der Waals surface area contributed by atoms with Crippen LogP contribution in [0.1, 0.15) is 84.1 Å². The van der Waals surface area contributed by atoms with Crippen LogP contribution in [0, 0.1) is 0 Å². The lowest BCUT2D eigenvalue weighted by atomic mass is 10.1. The minimum absolute atomic E-state index is 0.399. The van der Waals surface area contributed by atoms with E-state index in [9.17, 15) is 0 Å². The van der Waals surface area contributed by atoms with Crippen molar-refractivity contribution < 1.29 is 4.74 Å². The van der Waals surface area contributed by atoms with E-state index < -0.39 is 5.66 Å². The number of unbranched alkanes of at least 4 members (excludes halogenated alkanes) is 7. The third-order valence-corrected chi connectivity index (χ3v) is 5.16. The Morgan fingerprint density at radius 2 is 1.66 bits per heavy atom. The molecule has 0 unspecified atom stereocenters. The van der Waals surface area contributed by atoms with Crippen molar-refractivity contribution in [2.24, 2.45) is 15.8 Å². The highest BCUT2D eigenvalue weighted by molar-refractivity contribution is 6.01. The van der Waals surface area contributed by atoms with Crippen molar-refractivity contribution in [3.8, 4) is 5.75 Å². The minimum atomic E-state index is -0.399. The lowest BCUT2D eigenvalue weighted by Crippen LogP contribution is -2.60. The van der Waals surface area contributed by atoms with Crippen molar-refractivity contribution in [1.29, 1.82) is 0 Å². The van der Waals surface area contributed by atoms with Crippen LogP contribution in [0.2, 0.25) is 0 Å². The van der Waals surface area contributed by atoms with Crippen molar-refractivity contribution in [2.45, 2.75) is 90.8 Å². The SMILES string of the molecule is CCCCCCCCCCC1=NC(C)(C)NC(=NCc2ccc(OC)cc2)N1N. The fourth-order valence-electron chi connectivity index (χ4n) is 3.47. The van der Waals surface area contributed by atoms with Gasteiger partial charge in [0.2, 0.25) is 5.96 Å². The summed E-state index contributed by atoms with van der Waals surface area (Å²) in [5, 5.41) is 4.96. The number of nitrogens with one attached hydrogen (secondary N) is 1. The normalized spacial score (nSPS) is 17.2. The average Bonchev–Trinajstić information content (AvgIpc) is 2.71. The zero-order chi connectivity index (χ0) is 21.1. The molecule has 0 fully saturated rings. The molecule has 1 aliphatic heterocycles. The molecular weight excluding hydrogens is 362 g/mol. The molecule has 0 spiro atoms. The van der Waals surface area contributed by atoms with E-state index in [0.29, 0.717) is 12.5 Å². The lowest BCUT2D eigenvalue weighted by molar-refractivity contribution is 0.410. The molecule has 3 N–H and O–H groups in total. The third-order valence-electron chi connectivity index (χ3n) is 5.16. The number of guanidine groups is 1. The van der Waals surface area contributed by atoms with E-state index >= 15 is 0 Å². The van der Waals surface area contributed by atoms with Crippen molar-refractivity contribution in [1.82, 2.24) is 10.3 Å². The van der Waals surface area contributed by atoms with Gasteiger partial charge in [-0.1, -0.05) is 64.0 Å². The van der Waals surface area contributed by atoms with Gasteiger partial charge in [0.1, 0.15) is 17.2 Å². The van der Waals surface area contributed by atoms with Crippen LogP contribution >= 0.6 is 0 Å². The molecule has 0 aliphatic carbocycles. The standard InChI is InChI=1S/C23H39N5O/c1-5-6-7-8-9-10-11-12-13-21-26-23(2,3)27-22(28(21)24)25-18-19-14-16-20(29-4)17-15-19/h14-17H,5-13,18,24H2,1-4H3,(H,25,27). The Balaban J connectivity index is 1.86. The number of methoxy groups -OCH3 is 1. The second kappa shape index (κ2) is 11.8. The Hall–Kier alpha value is -2.08. The summed E-state index contributed by atoms with van der Waals surface area (Å²) in [4.78, 5) is 9.50. The maximum atomic E-state index is 6.34. The zero-order valence-electron chi connectivity index (χ0n) is 18.7. The van der Waals surface area contributed by atoms with E-state index in [2.05, 4.69) is 26.1 Å².